The molecule has 2 nitrogen and oxygen atoms in total. The van der Waals surface area contributed by atoms with E-state index in [1.165, 1.54) is 11.1 Å². The Balaban J connectivity index is 2.05. The van der Waals surface area contributed by atoms with E-state index in [1.807, 2.05) is 6.07 Å². The van der Waals surface area contributed by atoms with Crippen molar-refractivity contribution in [2.75, 3.05) is 6.54 Å². The van der Waals surface area contributed by atoms with Gasteiger partial charge in [-0.25, -0.2) is 0 Å². The minimum atomic E-state index is 0.393. The number of aryl methyl sites for hydroxylation is 1. The average molecular weight is 291 g/mol. The summed E-state index contributed by atoms with van der Waals surface area (Å²) in [5.41, 5.74) is 3.68. The lowest BCUT2D eigenvalue weighted by molar-refractivity contribution is 0.569. The Morgan fingerprint density at radius 2 is 2.10 bits per heavy atom. The van der Waals surface area contributed by atoms with Crippen molar-refractivity contribution in [1.82, 2.24) is 9.88 Å². The van der Waals surface area contributed by atoms with Crippen LogP contribution < -0.4 is 5.32 Å². The summed E-state index contributed by atoms with van der Waals surface area (Å²) in [6, 6.07) is 8.81. The first-order chi connectivity index (χ1) is 9.60. The molecule has 0 aliphatic rings. The van der Waals surface area contributed by atoms with Gasteiger partial charge in [0.15, 0.2) is 0 Å². The molecule has 0 radical (unpaired) electrons. The third-order valence-electron chi connectivity index (χ3n) is 3.54. The van der Waals surface area contributed by atoms with E-state index in [2.05, 4.69) is 61.2 Å². The van der Waals surface area contributed by atoms with E-state index in [-0.39, 0.29) is 0 Å². The van der Waals surface area contributed by atoms with Crippen LogP contribution in [0.5, 0.6) is 0 Å². The van der Waals surface area contributed by atoms with Gasteiger partial charge in [0.1, 0.15) is 0 Å². The standard InChI is InChI=1S/C17H23ClN2/c1-4-8-19-14(3)15-7-9-20(11-15)12-16-6-5-13(2)10-17(16)18/h5-7,9-11,14,19H,4,8,12H2,1-3H3. The van der Waals surface area contributed by atoms with Crippen molar-refractivity contribution in [1.29, 1.82) is 0 Å². The van der Waals surface area contributed by atoms with Crippen LogP contribution in [0.1, 0.15) is 43.0 Å². The van der Waals surface area contributed by atoms with E-state index in [9.17, 15) is 0 Å². The maximum Gasteiger partial charge on any atom is 0.0485 e. The summed E-state index contributed by atoms with van der Waals surface area (Å²) >= 11 is 6.29. The van der Waals surface area contributed by atoms with Gasteiger partial charge in [-0.2, -0.15) is 0 Å². The fraction of sp³-hybridized carbons (Fsp3) is 0.412. The van der Waals surface area contributed by atoms with Crippen LogP contribution in [0.25, 0.3) is 0 Å². The first-order valence-electron chi connectivity index (χ1n) is 7.24. The summed E-state index contributed by atoms with van der Waals surface area (Å²) in [5.74, 6) is 0. The fourth-order valence-electron chi connectivity index (χ4n) is 2.27. The van der Waals surface area contributed by atoms with E-state index in [0.717, 1.165) is 30.1 Å². The SMILES string of the molecule is CCCNC(C)c1ccn(Cc2ccc(C)cc2Cl)c1. The largest absolute Gasteiger partial charge is 0.350 e. The zero-order valence-electron chi connectivity index (χ0n) is 12.5. The molecule has 0 saturated carbocycles. The molecule has 1 aromatic heterocycles. The molecule has 1 atom stereocenters. The van der Waals surface area contributed by atoms with E-state index in [1.54, 1.807) is 0 Å². The number of halogens is 1. The van der Waals surface area contributed by atoms with Gasteiger partial charge >= 0.3 is 0 Å². The monoisotopic (exact) mass is 290 g/mol. The maximum atomic E-state index is 6.29. The van der Waals surface area contributed by atoms with Gasteiger partial charge in [-0.05, 0) is 55.6 Å². The summed E-state index contributed by atoms with van der Waals surface area (Å²) in [7, 11) is 0. The van der Waals surface area contributed by atoms with Gasteiger partial charge in [0.25, 0.3) is 0 Å². The second kappa shape index (κ2) is 6.96. The molecule has 3 heteroatoms. The van der Waals surface area contributed by atoms with Gasteiger partial charge in [0, 0.05) is 30.0 Å². The lowest BCUT2D eigenvalue weighted by Crippen LogP contribution is -2.18. The van der Waals surface area contributed by atoms with Crippen LogP contribution in [0.15, 0.2) is 36.7 Å². The van der Waals surface area contributed by atoms with Crippen LogP contribution in [-0.2, 0) is 6.54 Å². The van der Waals surface area contributed by atoms with Crippen molar-refractivity contribution in [2.24, 2.45) is 0 Å². The molecular weight excluding hydrogens is 268 g/mol. The van der Waals surface area contributed by atoms with Crippen molar-refractivity contribution in [3.8, 4) is 0 Å². The van der Waals surface area contributed by atoms with E-state index in [4.69, 9.17) is 11.6 Å². The highest BCUT2D eigenvalue weighted by Gasteiger charge is 2.07. The number of aromatic nitrogens is 1. The molecule has 2 aromatic rings. The zero-order chi connectivity index (χ0) is 14.5. The number of rotatable bonds is 6. The second-order valence-corrected chi connectivity index (χ2v) is 5.80. The highest BCUT2D eigenvalue weighted by atomic mass is 35.5. The van der Waals surface area contributed by atoms with Gasteiger partial charge in [-0.15, -0.1) is 0 Å². The Hall–Kier alpha value is -1.25. The number of nitrogens with zero attached hydrogens (tertiary/aromatic N) is 1. The summed E-state index contributed by atoms with van der Waals surface area (Å²) < 4.78 is 2.19. The Bertz CT molecular complexity index is 560. The lowest BCUT2D eigenvalue weighted by atomic mass is 10.1. The number of benzene rings is 1. The summed E-state index contributed by atoms with van der Waals surface area (Å²) in [6.07, 6.45) is 5.48. The number of hydrogen-bond donors (Lipinski definition) is 1. The number of nitrogens with one attached hydrogen (secondary N) is 1. The van der Waals surface area contributed by atoms with Crippen LogP contribution >= 0.6 is 11.6 Å². The Morgan fingerprint density at radius 1 is 1.30 bits per heavy atom. The van der Waals surface area contributed by atoms with Crippen LogP contribution in [0.2, 0.25) is 5.02 Å². The fourth-order valence-corrected chi connectivity index (χ4v) is 2.56. The van der Waals surface area contributed by atoms with Gasteiger partial charge in [-0.1, -0.05) is 30.7 Å². The molecule has 108 valence electrons. The topological polar surface area (TPSA) is 17.0 Å². The highest BCUT2D eigenvalue weighted by Crippen LogP contribution is 2.20. The molecule has 1 N–H and O–H groups in total. The van der Waals surface area contributed by atoms with Gasteiger partial charge in [0.05, 0.1) is 0 Å². The normalized spacial score (nSPS) is 12.6. The molecule has 0 spiro atoms. The van der Waals surface area contributed by atoms with E-state index >= 15 is 0 Å². The first-order valence-corrected chi connectivity index (χ1v) is 7.62. The van der Waals surface area contributed by atoms with Crippen LogP contribution in [0.3, 0.4) is 0 Å². The van der Waals surface area contributed by atoms with Crippen molar-refractivity contribution >= 4 is 11.6 Å². The van der Waals surface area contributed by atoms with E-state index < -0.39 is 0 Å². The minimum Gasteiger partial charge on any atom is -0.350 e. The smallest absolute Gasteiger partial charge is 0.0485 e. The molecule has 0 aliphatic carbocycles. The lowest BCUT2D eigenvalue weighted by Gasteiger charge is -2.11. The van der Waals surface area contributed by atoms with Crippen LogP contribution in [0, 0.1) is 6.92 Å². The number of hydrogen-bond acceptors (Lipinski definition) is 1. The molecule has 0 fully saturated rings. The highest BCUT2D eigenvalue weighted by molar-refractivity contribution is 6.31. The zero-order valence-corrected chi connectivity index (χ0v) is 13.2. The predicted molar refractivity (Wildman–Crippen MR) is 86.4 cm³/mol. The molecular formula is C17H23ClN2. The molecule has 0 saturated heterocycles. The van der Waals surface area contributed by atoms with Gasteiger partial charge in [0.2, 0.25) is 0 Å². The minimum absolute atomic E-state index is 0.393. The molecule has 1 heterocycles. The third kappa shape index (κ3) is 3.87. The summed E-state index contributed by atoms with van der Waals surface area (Å²) in [4.78, 5) is 0. The van der Waals surface area contributed by atoms with E-state index in [0.29, 0.717) is 6.04 Å². The predicted octanol–water partition coefficient (Wildman–Crippen LogP) is 4.56. The Morgan fingerprint density at radius 3 is 2.80 bits per heavy atom. The molecule has 0 amide bonds. The maximum absolute atomic E-state index is 6.29. The van der Waals surface area contributed by atoms with Crippen molar-refractivity contribution in [2.45, 2.75) is 39.8 Å². The summed E-state index contributed by atoms with van der Waals surface area (Å²) in [5, 5.41) is 4.35. The molecule has 0 aliphatic heterocycles. The van der Waals surface area contributed by atoms with Crippen molar-refractivity contribution in [3.63, 3.8) is 0 Å². The first kappa shape index (κ1) is 15.1. The molecule has 1 aromatic carbocycles. The van der Waals surface area contributed by atoms with Gasteiger partial charge < -0.3 is 9.88 Å². The van der Waals surface area contributed by atoms with Crippen molar-refractivity contribution < 1.29 is 0 Å². The van der Waals surface area contributed by atoms with Crippen LogP contribution in [-0.4, -0.2) is 11.1 Å². The quantitative estimate of drug-likeness (QED) is 0.825. The average Bonchev–Trinajstić information content (AvgIpc) is 2.88. The van der Waals surface area contributed by atoms with Gasteiger partial charge in [-0.3, -0.25) is 0 Å². The Labute approximate surface area is 126 Å². The second-order valence-electron chi connectivity index (χ2n) is 5.39. The molecule has 1 unspecified atom stereocenters. The van der Waals surface area contributed by atoms with Crippen LogP contribution in [0.4, 0.5) is 0 Å². The van der Waals surface area contributed by atoms with Crippen molar-refractivity contribution in [3.05, 3.63) is 58.4 Å². The Kier molecular flexibility index (Phi) is 5.27. The summed E-state index contributed by atoms with van der Waals surface area (Å²) in [6.45, 7) is 8.32. The molecule has 0 bridgehead atoms. The third-order valence-corrected chi connectivity index (χ3v) is 3.89. The molecule has 20 heavy (non-hydrogen) atoms. The molecule has 2 rings (SSSR count).